The molecule has 6 nitrogen and oxygen atoms in total. The van der Waals surface area contributed by atoms with Gasteiger partial charge < -0.3 is 5.32 Å². The molecular formula is C23H16F3N3O3S2. The Morgan fingerprint density at radius 2 is 1.47 bits per heavy atom. The number of sulfonamides is 1. The number of primary sulfonamides is 1. The predicted octanol–water partition coefficient (Wildman–Crippen LogP) is 4.47. The van der Waals surface area contributed by atoms with Gasteiger partial charge in [0.15, 0.2) is 5.01 Å². The Kier molecular flexibility index (Phi) is 6.51. The molecule has 0 radical (unpaired) electrons. The zero-order chi connectivity index (χ0) is 24.5. The molecule has 1 amide bonds. The van der Waals surface area contributed by atoms with Crippen molar-refractivity contribution in [3.8, 4) is 21.7 Å². The van der Waals surface area contributed by atoms with Gasteiger partial charge in [-0.15, -0.1) is 11.3 Å². The lowest BCUT2D eigenvalue weighted by molar-refractivity contribution is 0.0950. The van der Waals surface area contributed by atoms with E-state index in [4.69, 9.17) is 5.14 Å². The first-order valence-corrected chi connectivity index (χ1v) is 12.1. The molecule has 0 saturated heterocycles. The summed E-state index contributed by atoms with van der Waals surface area (Å²) < 4.78 is 63.3. The molecule has 3 N–H and O–H groups in total. The highest BCUT2D eigenvalue weighted by Crippen LogP contribution is 2.37. The topological polar surface area (TPSA) is 102 Å². The van der Waals surface area contributed by atoms with Gasteiger partial charge in [0.05, 0.1) is 15.5 Å². The normalized spacial score (nSPS) is 11.4. The van der Waals surface area contributed by atoms with Crippen LogP contribution in [-0.4, -0.2) is 19.3 Å². The Morgan fingerprint density at radius 3 is 2.06 bits per heavy atom. The molecule has 0 aliphatic rings. The minimum Gasteiger partial charge on any atom is -0.346 e. The number of amides is 1. The number of hydrogen-bond acceptors (Lipinski definition) is 5. The van der Waals surface area contributed by atoms with E-state index in [0.29, 0.717) is 21.7 Å². The zero-order valence-corrected chi connectivity index (χ0v) is 18.9. The van der Waals surface area contributed by atoms with E-state index in [9.17, 15) is 26.4 Å². The number of benzene rings is 3. The van der Waals surface area contributed by atoms with Gasteiger partial charge in [0.25, 0.3) is 5.91 Å². The van der Waals surface area contributed by atoms with Crippen LogP contribution in [0.3, 0.4) is 0 Å². The first kappa shape index (κ1) is 23.6. The van der Waals surface area contributed by atoms with Crippen molar-refractivity contribution < 1.29 is 26.4 Å². The summed E-state index contributed by atoms with van der Waals surface area (Å²) in [5.41, 5.74) is 1.71. The van der Waals surface area contributed by atoms with Crippen LogP contribution in [0.25, 0.3) is 21.7 Å². The third-order valence-corrected chi connectivity index (χ3v) is 6.79. The monoisotopic (exact) mass is 503 g/mol. The minimum atomic E-state index is -3.89. The Balaban J connectivity index is 1.68. The molecule has 4 rings (SSSR count). The molecule has 1 aromatic heterocycles. The molecule has 0 fully saturated rings. The third kappa shape index (κ3) is 5.33. The van der Waals surface area contributed by atoms with Crippen molar-refractivity contribution in [1.29, 1.82) is 0 Å². The highest BCUT2D eigenvalue weighted by Gasteiger charge is 2.20. The molecule has 0 unspecified atom stereocenters. The fourth-order valence-electron chi connectivity index (χ4n) is 3.18. The summed E-state index contributed by atoms with van der Waals surface area (Å²) in [7, 11) is -3.89. The van der Waals surface area contributed by atoms with Gasteiger partial charge in [0.1, 0.15) is 17.5 Å². The van der Waals surface area contributed by atoms with Gasteiger partial charge in [-0.2, -0.15) is 0 Å². The average molecular weight is 504 g/mol. The molecule has 11 heteroatoms. The first-order valence-electron chi connectivity index (χ1n) is 9.73. The highest BCUT2D eigenvalue weighted by molar-refractivity contribution is 7.89. The van der Waals surface area contributed by atoms with Crippen molar-refractivity contribution in [3.63, 3.8) is 0 Å². The SMILES string of the molecule is NS(=O)(=O)c1ccc(-c2nc(C(=O)NCc3cc(F)cc(F)c3)sc2-c2ccc(F)cc2)cc1. The van der Waals surface area contributed by atoms with Gasteiger partial charge in [-0.3, -0.25) is 4.79 Å². The van der Waals surface area contributed by atoms with Crippen LogP contribution < -0.4 is 10.5 Å². The van der Waals surface area contributed by atoms with E-state index >= 15 is 0 Å². The van der Waals surface area contributed by atoms with E-state index < -0.39 is 33.4 Å². The van der Waals surface area contributed by atoms with E-state index in [2.05, 4.69) is 10.3 Å². The Morgan fingerprint density at radius 1 is 0.882 bits per heavy atom. The molecule has 4 aromatic rings. The van der Waals surface area contributed by atoms with Crippen LogP contribution in [0.2, 0.25) is 0 Å². The molecule has 3 aromatic carbocycles. The van der Waals surface area contributed by atoms with Crippen molar-refractivity contribution in [3.05, 3.63) is 94.8 Å². The second-order valence-corrected chi connectivity index (χ2v) is 9.79. The van der Waals surface area contributed by atoms with Gasteiger partial charge in [0.2, 0.25) is 10.0 Å². The van der Waals surface area contributed by atoms with Crippen molar-refractivity contribution in [2.24, 2.45) is 5.14 Å². The van der Waals surface area contributed by atoms with Crippen LogP contribution in [0.4, 0.5) is 13.2 Å². The fourth-order valence-corrected chi connectivity index (χ4v) is 4.71. The number of rotatable bonds is 6. The number of hydrogen-bond donors (Lipinski definition) is 2. The van der Waals surface area contributed by atoms with E-state index in [0.717, 1.165) is 29.5 Å². The first-order chi connectivity index (χ1) is 16.1. The van der Waals surface area contributed by atoms with E-state index in [1.165, 1.54) is 48.5 Å². The quantitative estimate of drug-likeness (QED) is 0.405. The second-order valence-electron chi connectivity index (χ2n) is 7.23. The van der Waals surface area contributed by atoms with Crippen LogP contribution in [-0.2, 0) is 16.6 Å². The number of aromatic nitrogens is 1. The zero-order valence-electron chi connectivity index (χ0n) is 17.3. The van der Waals surface area contributed by atoms with E-state index in [-0.39, 0.29) is 22.0 Å². The Labute approximate surface area is 197 Å². The van der Waals surface area contributed by atoms with Gasteiger partial charge in [-0.1, -0.05) is 24.3 Å². The molecule has 1 heterocycles. The van der Waals surface area contributed by atoms with Gasteiger partial charge in [-0.25, -0.2) is 31.7 Å². The second kappa shape index (κ2) is 9.37. The van der Waals surface area contributed by atoms with Crippen molar-refractivity contribution in [2.75, 3.05) is 0 Å². The lowest BCUT2D eigenvalue weighted by Crippen LogP contribution is -2.22. The predicted molar refractivity (Wildman–Crippen MR) is 122 cm³/mol. The number of carbonyl (C=O) groups excluding carboxylic acids is 1. The van der Waals surface area contributed by atoms with Gasteiger partial charge in [-0.05, 0) is 47.5 Å². The van der Waals surface area contributed by atoms with Crippen LogP contribution in [0.5, 0.6) is 0 Å². The summed E-state index contributed by atoms with van der Waals surface area (Å²) in [6, 6.07) is 14.2. The summed E-state index contributed by atoms with van der Waals surface area (Å²) in [6.07, 6.45) is 0. The Bertz CT molecular complexity index is 1450. The maximum Gasteiger partial charge on any atom is 0.280 e. The molecule has 0 aliphatic carbocycles. The summed E-state index contributed by atoms with van der Waals surface area (Å²) in [6.45, 7) is -0.128. The molecular weight excluding hydrogens is 487 g/mol. The third-order valence-electron chi connectivity index (χ3n) is 4.76. The average Bonchev–Trinajstić information content (AvgIpc) is 3.22. The molecule has 0 saturated carbocycles. The molecule has 0 spiro atoms. The largest absolute Gasteiger partial charge is 0.346 e. The van der Waals surface area contributed by atoms with Gasteiger partial charge in [0, 0.05) is 18.2 Å². The summed E-state index contributed by atoms with van der Waals surface area (Å²) in [4.78, 5) is 17.6. The number of nitrogens with two attached hydrogens (primary N) is 1. The highest BCUT2D eigenvalue weighted by atomic mass is 32.2. The Hall–Kier alpha value is -3.54. The summed E-state index contributed by atoms with van der Waals surface area (Å²) >= 11 is 1.04. The van der Waals surface area contributed by atoms with Gasteiger partial charge >= 0.3 is 0 Å². The molecule has 0 atom stereocenters. The summed E-state index contributed by atoms with van der Waals surface area (Å²) in [5, 5.41) is 7.78. The van der Waals surface area contributed by atoms with Crippen molar-refractivity contribution in [1.82, 2.24) is 10.3 Å². The number of halogens is 3. The van der Waals surface area contributed by atoms with Crippen LogP contribution in [0, 0.1) is 17.5 Å². The lowest BCUT2D eigenvalue weighted by Gasteiger charge is -2.04. The lowest BCUT2D eigenvalue weighted by atomic mass is 10.1. The van der Waals surface area contributed by atoms with Crippen LogP contribution in [0.1, 0.15) is 15.4 Å². The number of nitrogens with one attached hydrogen (secondary N) is 1. The molecule has 34 heavy (non-hydrogen) atoms. The van der Waals surface area contributed by atoms with Crippen LogP contribution in [0.15, 0.2) is 71.6 Å². The molecule has 0 bridgehead atoms. The van der Waals surface area contributed by atoms with Crippen molar-refractivity contribution in [2.45, 2.75) is 11.4 Å². The van der Waals surface area contributed by atoms with E-state index in [1.807, 2.05) is 0 Å². The minimum absolute atomic E-state index is 0.0572. The van der Waals surface area contributed by atoms with Crippen molar-refractivity contribution >= 4 is 27.3 Å². The maximum absolute atomic E-state index is 13.4. The fraction of sp³-hybridized carbons (Fsp3) is 0.0435. The molecule has 174 valence electrons. The van der Waals surface area contributed by atoms with E-state index in [1.54, 1.807) is 0 Å². The number of carbonyl (C=O) groups is 1. The van der Waals surface area contributed by atoms with Crippen LogP contribution >= 0.6 is 11.3 Å². The maximum atomic E-state index is 13.4. The number of thiazole rings is 1. The number of nitrogens with zero attached hydrogens (tertiary/aromatic N) is 1. The standard InChI is InChI=1S/C23H16F3N3O3S2/c24-16-5-1-15(2-6-16)21-20(14-3-7-19(8-4-14)34(27,31)32)29-23(33-21)22(30)28-12-13-9-17(25)11-18(26)10-13/h1-11H,12H2,(H,28,30)(H2,27,31,32). The smallest absolute Gasteiger partial charge is 0.280 e. The molecule has 0 aliphatic heterocycles. The summed E-state index contributed by atoms with van der Waals surface area (Å²) in [5.74, 6) is -2.54.